The van der Waals surface area contributed by atoms with E-state index in [2.05, 4.69) is 10.0 Å². The Morgan fingerprint density at radius 3 is 2.43 bits per heavy atom. The molecule has 3 atom stereocenters. The maximum Gasteiger partial charge on any atom is 0.192 e. The first kappa shape index (κ1) is 12.8. The van der Waals surface area contributed by atoms with Gasteiger partial charge in [-0.1, -0.05) is 5.11 Å². The molecule has 0 saturated carbocycles. The minimum absolute atomic E-state index is 0.523. The van der Waals surface area contributed by atoms with Gasteiger partial charge < -0.3 is 20.4 Å². The van der Waals surface area contributed by atoms with Crippen molar-refractivity contribution in [1.82, 2.24) is 0 Å². The molecule has 8 nitrogen and oxygen atoms in total. The van der Waals surface area contributed by atoms with E-state index in [0.717, 1.165) is 0 Å². The Balaban J connectivity index is 4.23. The van der Waals surface area contributed by atoms with Crippen LogP contribution in [0, 0.1) is 0 Å². The van der Waals surface area contributed by atoms with Crippen molar-refractivity contribution in [2.45, 2.75) is 18.3 Å². The molecule has 4 N–H and O–H groups in total. The largest absolute Gasteiger partial charge is 0.394 e. The molecule has 8 heteroatoms. The third kappa shape index (κ3) is 3.69. The van der Waals surface area contributed by atoms with Gasteiger partial charge in [-0.15, -0.1) is 0 Å². The highest BCUT2D eigenvalue weighted by Crippen LogP contribution is 1.99. The second kappa shape index (κ2) is 6.30. The van der Waals surface area contributed by atoms with Gasteiger partial charge in [0.2, 0.25) is 0 Å². The maximum absolute atomic E-state index is 11.0. The number of ketones is 1. The van der Waals surface area contributed by atoms with Crippen LogP contribution >= 0.6 is 0 Å². The number of aliphatic hydroxyl groups excluding tert-OH is 4. The molecule has 0 rings (SSSR count). The Labute approximate surface area is 79.0 Å². The lowest BCUT2D eigenvalue weighted by Crippen LogP contribution is -2.43. The highest BCUT2D eigenvalue weighted by Gasteiger charge is 2.28. The van der Waals surface area contributed by atoms with Gasteiger partial charge in [-0.3, -0.25) is 4.79 Å². The summed E-state index contributed by atoms with van der Waals surface area (Å²) in [4.78, 5) is 13.3. The molecule has 0 heterocycles. The fourth-order valence-corrected chi connectivity index (χ4v) is 0.690. The normalized spacial score (nSPS) is 16.6. The molecule has 0 aliphatic heterocycles. The van der Waals surface area contributed by atoms with Crippen molar-refractivity contribution < 1.29 is 25.2 Å². The minimum Gasteiger partial charge on any atom is -0.394 e. The van der Waals surface area contributed by atoms with Crippen molar-refractivity contribution in [1.29, 1.82) is 0 Å². The lowest BCUT2D eigenvalue weighted by atomic mass is 10.1. The third-order valence-corrected chi connectivity index (χ3v) is 1.49. The standard InChI is InChI=1S/C6H11N3O5/c7-9-8-1-3(11)5(13)6(14)4(12)2-10/h3-4,6,10-12,14H,1-2H2/t3-,4+,6-/m1/s1. The highest BCUT2D eigenvalue weighted by molar-refractivity contribution is 5.87. The Hall–Kier alpha value is -1.18. The number of hydrogen-bond acceptors (Lipinski definition) is 6. The zero-order chi connectivity index (χ0) is 11.1. The molecular weight excluding hydrogens is 194 g/mol. The van der Waals surface area contributed by atoms with Crippen LogP contribution in [0.5, 0.6) is 0 Å². The quantitative estimate of drug-likeness (QED) is 0.223. The average molecular weight is 205 g/mol. The van der Waals surface area contributed by atoms with Gasteiger partial charge in [0, 0.05) is 4.91 Å². The average Bonchev–Trinajstić information content (AvgIpc) is 2.22. The predicted octanol–water partition coefficient (Wildman–Crippen LogP) is -2.06. The van der Waals surface area contributed by atoms with Gasteiger partial charge in [-0.05, 0) is 5.53 Å². The van der Waals surface area contributed by atoms with Crippen molar-refractivity contribution in [3.8, 4) is 0 Å². The van der Waals surface area contributed by atoms with E-state index in [-0.39, 0.29) is 0 Å². The van der Waals surface area contributed by atoms with E-state index in [1.165, 1.54) is 0 Å². The lowest BCUT2D eigenvalue weighted by Gasteiger charge is -2.16. The minimum atomic E-state index is -1.89. The SMILES string of the molecule is [N-]=[N+]=NC[C@@H](O)C(=O)[C@H](O)[C@@H](O)CO. The van der Waals surface area contributed by atoms with Crippen molar-refractivity contribution in [3.05, 3.63) is 10.4 Å². The van der Waals surface area contributed by atoms with E-state index in [0.29, 0.717) is 0 Å². The second-order valence-electron chi connectivity index (χ2n) is 2.53. The number of Topliss-reactive ketones (excluding diaryl/α,β-unsaturated/α-hetero) is 1. The molecule has 0 aromatic heterocycles. The van der Waals surface area contributed by atoms with E-state index in [9.17, 15) is 4.79 Å². The summed E-state index contributed by atoms with van der Waals surface area (Å²) in [5, 5.41) is 38.1. The zero-order valence-corrected chi connectivity index (χ0v) is 7.19. The molecule has 80 valence electrons. The van der Waals surface area contributed by atoms with Gasteiger partial charge in [0.25, 0.3) is 0 Å². The van der Waals surface area contributed by atoms with E-state index in [1.54, 1.807) is 0 Å². The molecule has 0 fully saturated rings. The monoisotopic (exact) mass is 205 g/mol. The van der Waals surface area contributed by atoms with Crippen LogP contribution in [0.25, 0.3) is 10.4 Å². The topological polar surface area (TPSA) is 147 Å². The van der Waals surface area contributed by atoms with Crippen LogP contribution in [0.4, 0.5) is 0 Å². The molecule has 0 bridgehead atoms. The number of azide groups is 1. The molecular formula is C6H11N3O5. The van der Waals surface area contributed by atoms with Gasteiger partial charge in [0.05, 0.1) is 13.2 Å². The molecule has 0 aromatic rings. The maximum atomic E-state index is 11.0. The smallest absolute Gasteiger partial charge is 0.192 e. The number of carbonyl (C=O) groups is 1. The number of nitrogens with zero attached hydrogens (tertiary/aromatic N) is 3. The second-order valence-corrected chi connectivity index (χ2v) is 2.53. The molecule has 0 aliphatic carbocycles. The summed E-state index contributed by atoms with van der Waals surface area (Å²) in [5.74, 6) is -1.10. The van der Waals surface area contributed by atoms with Gasteiger partial charge in [-0.25, -0.2) is 0 Å². The van der Waals surface area contributed by atoms with Gasteiger partial charge in [0.1, 0.15) is 18.3 Å². The molecule has 0 aliphatic rings. The first-order chi connectivity index (χ1) is 6.54. The Kier molecular flexibility index (Phi) is 5.77. The first-order valence-corrected chi connectivity index (χ1v) is 3.74. The van der Waals surface area contributed by atoms with Crippen molar-refractivity contribution in [2.75, 3.05) is 13.2 Å². The molecule has 0 spiro atoms. The van der Waals surface area contributed by atoms with Crippen LogP contribution in [-0.4, -0.2) is 57.7 Å². The molecule has 0 aromatic carbocycles. The van der Waals surface area contributed by atoms with Crippen LogP contribution in [-0.2, 0) is 4.79 Å². The fraction of sp³-hybridized carbons (Fsp3) is 0.833. The number of aliphatic hydroxyl groups is 4. The number of rotatable bonds is 6. The number of hydrogen-bond donors (Lipinski definition) is 4. The highest BCUT2D eigenvalue weighted by atomic mass is 16.4. The number of carbonyl (C=O) groups excluding carboxylic acids is 1. The predicted molar refractivity (Wildman–Crippen MR) is 44.1 cm³/mol. The van der Waals surface area contributed by atoms with Gasteiger partial charge >= 0.3 is 0 Å². The van der Waals surface area contributed by atoms with E-state index >= 15 is 0 Å². The Morgan fingerprint density at radius 1 is 1.43 bits per heavy atom. The molecule has 14 heavy (non-hydrogen) atoms. The molecule has 0 saturated heterocycles. The van der Waals surface area contributed by atoms with Crippen molar-refractivity contribution in [2.24, 2.45) is 5.11 Å². The Morgan fingerprint density at radius 2 is 2.00 bits per heavy atom. The van der Waals surface area contributed by atoms with Crippen LogP contribution in [0.1, 0.15) is 0 Å². The van der Waals surface area contributed by atoms with E-state index in [4.69, 9.17) is 26.0 Å². The summed E-state index contributed by atoms with van der Waals surface area (Å²) in [6, 6.07) is 0. The van der Waals surface area contributed by atoms with Crippen LogP contribution in [0.15, 0.2) is 5.11 Å². The van der Waals surface area contributed by atoms with Crippen LogP contribution in [0.3, 0.4) is 0 Å². The van der Waals surface area contributed by atoms with Crippen LogP contribution in [0.2, 0.25) is 0 Å². The van der Waals surface area contributed by atoms with Crippen molar-refractivity contribution in [3.63, 3.8) is 0 Å². The third-order valence-electron chi connectivity index (χ3n) is 1.49. The summed E-state index contributed by atoms with van der Waals surface area (Å²) in [7, 11) is 0. The van der Waals surface area contributed by atoms with Gasteiger partial charge in [-0.2, -0.15) is 0 Å². The van der Waals surface area contributed by atoms with Gasteiger partial charge in [0.15, 0.2) is 5.78 Å². The summed E-state index contributed by atoms with van der Waals surface area (Å²) in [6.45, 7) is -1.33. The van der Waals surface area contributed by atoms with E-state index in [1.807, 2.05) is 0 Å². The summed E-state index contributed by atoms with van der Waals surface area (Å²) in [6.07, 6.45) is -5.21. The molecule has 0 unspecified atom stereocenters. The molecule has 0 radical (unpaired) electrons. The first-order valence-electron chi connectivity index (χ1n) is 3.74. The van der Waals surface area contributed by atoms with E-state index < -0.39 is 37.2 Å². The Bertz CT molecular complexity index is 240. The summed E-state index contributed by atoms with van der Waals surface area (Å²) >= 11 is 0. The van der Waals surface area contributed by atoms with Crippen LogP contribution < -0.4 is 0 Å². The summed E-state index contributed by atoms with van der Waals surface area (Å²) in [5.41, 5.74) is 7.87. The zero-order valence-electron chi connectivity index (χ0n) is 7.19. The fourth-order valence-electron chi connectivity index (χ4n) is 0.690. The lowest BCUT2D eigenvalue weighted by molar-refractivity contribution is -0.142. The van der Waals surface area contributed by atoms with Crippen molar-refractivity contribution >= 4 is 5.78 Å². The summed E-state index contributed by atoms with van der Waals surface area (Å²) < 4.78 is 0. The molecule has 0 amide bonds.